The Balaban J connectivity index is 1.55. The van der Waals surface area contributed by atoms with Gasteiger partial charge in [0.2, 0.25) is 0 Å². The van der Waals surface area contributed by atoms with Gasteiger partial charge in [0, 0.05) is 42.2 Å². The zero-order valence-electron chi connectivity index (χ0n) is 17.8. The van der Waals surface area contributed by atoms with Gasteiger partial charge >= 0.3 is 11.9 Å². The number of hydrogen-bond donors (Lipinski definition) is 3. The van der Waals surface area contributed by atoms with E-state index in [0.717, 1.165) is 38.1 Å². The summed E-state index contributed by atoms with van der Waals surface area (Å²) in [4.78, 5) is 37.2. The van der Waals surface area contributed by atoms with Gasteiger partial charge in [-0.15, -0.1) is 11.8 Å². The molecule has 0 radical (unpaired) electrons. The van der Waals surface area contributed by atoms with E-state index in [9.17, 15) is 9.59 Å². The van der Waals surface area contributed by atoms with Gasteiger partial charge in [-0.1, -0.05) is 23.9 Å². The monoisotopic (exact) mass is 474 g/mol. The Kier molecular flexibility index (Phi) is 8.95. The predicted octanol–water partition coefficient (Wildman–Crippen LogP) is 3.90. The van der Waals surface area contributed by atoms with E-state index in [-0.39, 0.29) is 12.8 Å². The Morgan fingerprint density at radius 3 is 2.44 bits per heavy atom. The first-order chi connectivity index (χ1) is 15.4. The molecule has 2 heterocycles. The molecule has 0 saturated carbocycles. The molecule has 0 aliphatic carbocycles. The van der Waals surface area contributed by atoms with Gasteiger partial charge in [-0.2, -0.15) is 0 Å². The highest BCUT2D eigenvalue weighted by Gasteiger charge is 2.12. The van der Waals surface area contributed by atoms with Crippen molar-refractivity contribution in [3.05, 3.63) is 47.8 Å². The average Bonchev–Trinajstić information content (AvgIpc) is 3.18. The molecule has 0 aliphatic rings. The molecule has 0 amide bonds. The smallest absolute Gasteiger partial charge is 0.304 e. The third kappa shape index (κ3) is 7.25. The van der Waals surface area contributed by atoms with Gasteiger partial charge < -0.3 is 20.1 Å². The number of para-hydroxylation sites is 2. The van der Waals surface area contributed by atoms with Crippen molar-refractivity contribution in [1.29, 1.82) is 0 Å². The lowest BCUT2D eigenvalue weighted by atomic mass is 10.2. The molecule has 0 unspecified atom stereocenters. The summed E-state index contributed by atoms with van der Waals surface area (Å²) in [5, 5.41) is 18.7. The lowest BCUT2D eigenvalue weighted by Crippen LogP contribution is -2.31. The minimum atomic E-state index is -0.880. The summed E-state index contributed by atoms with van der Waals surface area (Å²) in [5.41, 5.74) is 4.07. The fraction of sp³-hybridized carbons (Fsp3) is 0.364. The van der Waals surface area contributed by atoms with Crippen molar-refractivity contribution in [3.8, 4) is 0 Å². The Labute approximate surface area is 194 Å². The molecule has 1 aromatic carbocycles. The molecule has 0 spiro atoms. The first-order valence-electron chi connectivity index (χ1n) is 10.2. The highest BCUT2D eigenvalue weighted by molar-refractivity contribution is 7.99. The molecule has 0 fully saturated rings. The molecule has 0 aliphatic heterocycles. The maximum atomic E-state index is 10.9. The highest BCUT2D eigenvalue weighted by Crippen LogP contribution is 2.28. The molecule has 3 aromatic rings. The van der Waals surface area contributed by atoms with Gasteiger partial charge in [-0.3, -0.25) is 14.6 Å². The van der Waals surface area contributed by atoms with Gasteiger partial charge in [0.1, 0.15) is 0 Å². The molecule has 3 rings (SSSR count). The van der Waals surface area contributed by atoms with Crippen LogP contribution in [0.1, 0.15) is 24.1 Å². The number of thioether (sulfide) groups is 2. The van der Waals surface area contributed by atoms with E-state index in [4.69, 9.17) is 10.2 Å². The highest BCUT2D eigenvalue weighted by atomic mass is 32.2. The topological polar surface area (TPSA) is 119 Å². The number of aromatic amines is 1. The number of pyridine rings is 1. The Hall–Kier alpha value is -2.56. The second kappa shape index (κ2) is 11.9. The van der Waals surface area contributed by atoms with Crippen LogP contribution in [0.15, 0.2) is 46.6 Å². The van der Waals surface area contributed by atoms with Crippen molar-refractivity contribution >= 4 is 46.5 Å². The molecular weight excluding hydrogens is 448 g/mol. The number of imidazole rings is 1. The summed E-state index contributed by atoms with van der Waals surface area (Å²) >= 11 is 3.29. The molecule has 0 saturated heterocycles. The van der Waals surface area contributed by atoms with Gasteiger partial charge in [0.15, 0.2) is 5.16 Å². The first kappa shape index (κ1) is 24.1. The third-order valence-electron chi connectivity index (χ3n) is 4.92. The number of fused-ring (bicyclic) bond motifs is 1. The van der Waals surface area contributed by atoms with Crippen LogP contribution in [0, 0.1) is 6.92 Å². The number of carboxylic acids is 2. The van der Waals surface area contributed by atoms with Gasteiger partial charge in [0.05, 0.1) is 29.6 Å². The van der Waals surface area contributed by atoms with Crippen LogP contribution in [0.25, 0.3) is 11.0 Å². The second-order valence-corrected chi connectivity index (χ2v) is 9.31. The SMILES string of the molecule is Cc1c(SCCN(CCC(=O)O)CCC(=O)O)ccnc1CSc1nc2ccccc2[nH]1. The fourth-order valence-electron chi connectivity index (χ4n) is 3.12. The maximum absolute atomic E-state index is 10.9. The van der Waals surface area contributed by atoms with Crippen molar-refractivity contribution in [1.82, 2.24) is 19.9 Å². The number of nitrogens with one attached hydrogen (secondary N) is 1. The molecule has 2 aromatic heterocycles. The van der Waals surface area contributed by atoms with Gasteiger partial charge in [0.25, 0.3) is 0 Å². The predicted molar refractivity (Wildman–Crippen MR) is 126 cm³/mol. The van der Waals surface area contributed by atoms with Crippen LogP contribution in [0.2, 0.25) is 0 Å². The number of nitrogens with zero attached hydrogens (tertiary/aromatic N) is 3. The number of aliphatic carboxylic acids is 2. The molecule has 0 atom stereocenters. The number of hydrogen-bond acceptors (Lipinski definition) is 7. The Bertz CT molecular complexity index is 1020. The number of H-pyrrole nitrogens is 1. The van der Waals surface area contributed by atoms with Crippen LogP contribution in [0.5, 0.6) is 0 Å². The van der Waals surface area contributed by atoms with Gasteiger partial charge in [-0.25, -0.2) is 4.98 Å². The van der Waals surface area contributed by atoms with E-state index < -0.39 is 11.9 Å². The summed E-state index contributed by atoms with van der Waals surface area (Å²) in [5.74, 6) is -0.326. The summed E-state index contributed by atoms with van der Waals surface area (Å²) in [6, 6.07) is 9.91. The molecule has 32 heavy (non-hydrogen) atoms. The van der Waals surface area contributed by atoms with Crippen LogP contribution >= 0.6 is 23.5 Å². The summed E-state index contributed by atoms with van der Waals surface area (Å²) in [6.45, 7) is 3.36. The van der Waals surface area contributed by atoms with E-state index in [1.165, 1.54) is 0 Å². The lowest BCUT2D eigenvalue weighted by molar-refractivity contribution is -0.137. The molecule has 8 nitrogen and oxygen atoms in total. The number of carboxylic acid groups (broad SMARTS) is 2. The van der Waals surface area contributed by atoms with E-state index in [1.54, 1.807) is 29.7 Å². The molecular formula is C22H26N4O4S2. The molecule has 0 bridgehead atoms. The zero-order valence-corrected chi connectivity index (χ0v) is 19.4. The number of carbonyl (C=O) groups is 2. The number of aromatic nitrogens is 3. The molecule has 10 heteroatoms. The summed E-state index contributed by atoms with van der Waals surface area (Å²) in [6.07, 6.45) is 1.81. The molecule has 3 N–H and O–H groups in total. The normalized spacial score (nSPS) is 11.3. The second-order valence-electron chi connectivity index (χ2n) is 7.21. The standard InChI is InChI=1S/C22H26N4O4S2/c1-15-18(14-32-22-24-16-4-2-3-5-17(16)25-22)23-9-6-19(15)31-13-12-26(10-7-20(27)28)11-8-21(29)30/h2-6,9H,7-8,10-14H2,1H3,(H,24,25)(H,27,28)(H,29,30). The van der Waals surface area contributed by atoms with Gasteiger partial charge in [-0.05, 0) is 30.7 Å². The third-order valence-corrected chi connectivity index (χ3v) is 6.95. The largest absolute Gasteiger partial charge is 0.481 e. The lowest BCUT2D eigenvalue weighted by Gasteiger charge is -2.20. The van der Waals surface area contributed by atoms with Crippen LogP contribution < -0.4 is 0 Å². The van der Waals surface area contributed by atoms with Crippen molar-refractivity contribution in [2.24, 2.45) is 0 Å². The van der Waals surface area contributed by atoms with Crippen molar-refractivity contribution in [2.75, 3.05) is 25.4 Å². The Morgan fingerprint density at radius 1 is 1.03 bits per heavy atom. The fourth-order valence-corrected chi connectivity index (χ4v) is 5.09. The minimum absolute atomic E-state index is 0.00172. The minimum Gasteiger partial charge on any atom is -0.481 e. The quantitative estimate of drug-likeness (QED) is 0.317. The Morgan fingerprint density at radius 2 is 1.75 bits per heavy atom. The van der Waals surface area contributed by atoms with Crippen LogP contribution in [0.3, 0.4) is 0 Å². The van der Waals surface area contributed by atoms with E-state index in [1.807, 2.05) is 35.2 Å². The first-order valence-corrected chi connectivity index (χ1v) is 12.2. The molecule has 170 valence electrons. The average molecular weight is 475 g/mol. The van der Waals surface area contributed by atoms with Crippen LogP contribution in [-0.4, -0.2) is 67.4 Å². The van der Waals surface area contributed by atoms with Crippen LogP contribution in [-0.2, 0) is 15.3 Å². The van der Waals surface area contributed by atoms with Crippen molar-refractivity contribution in [2.45, 2.75) is 35.6 Å². The zero-order chi connectivity index (χ0) is 22.9. The van der Waals surface area contributed by atoms with E-state index >= 15 is 0 Å². The summed E-state index contributed by atoms with van der Waals surface area (Å²) < 4.78 is 0. The number of rotatable bonds is 13. The van der Waals surface area contributed by atoms with E-state index in [2.05, 4.69) is 21.9 Å². The number of benzene rings is 1. The summed E-state index contributed by atoms with van der Waals surface area (Å²) in [7, 11) is 0. The van der Waals surface area contributed by atoms with Crippen LogP contribution in [0.4, 0.5) is 0 Å². The van der Waals surface area contributed by atoms with Crippen molar-refractivity contribution in [3.63, 3.8) is 0 Å². The van der Waals surface area contributed by atoms with Crippen molar-refractivity contribution < 1.29 is 19.8 Å². The van der Waals surface area contributed by atoms with E-state index in [0.29, 0.717) is 25.4 Å². The maximum Gasteiger partial charge on any atom is 0.304 e.